The zero-order valence-corrected chi connectivity index (χ0v) is 20.4. The van der Waals surface area contributed by atoms with E-state index in [-0.39, 0.29) is 22.0 Å². The van der Waals surface area contributed by atoms with E-state index in [0.29, 0.717) is 27.8 Å². The van der Waals surface area contributed by atoms with Crippen LogP contribution in [0.2, 0.25) is 0 Å². The van der Waals surface area contributed by atoms with E-state index in [4.69, 9.17) is 10.1 Å². The molecule has 1 aromatic carbocycles. The molecule has 0 spiro atoms. The molecule has 170 valence electrons. The van der Waals surface area contributed by atoms with Crippen LogP contribution in [0.1, 0.15) is 49.6 Å². The highest BCUT2D eigenvalue weighted by Gasteiger charge is 2.30. The average molecular weight is 473 g/mol. The van der Waals surface area contributed by atoms with E-state index in [9.17, 15) is 18.5 Å². The summed E-state index contributed by atoms with van der Waals surface area (Å²) in [5.74, 6) is 0.272. The number of thioether (sulfide) groups is 1. The lowest BCUT2D eigenvalue weighted by Crippen LogP contribution is -2.27. The smallest absolute Gasteiger partial charge is 0.238 e. The van der Waals surface area contributed by atoms with Gasteiger partial charge in [-0.25, -0.2) is 18.5 Å². The monoisotopic (exact) mass is 472 g/mol. The van der Waals surface area contributed by atoms with Crippen LogP contribution >= 0.6 is 11.8 Å². The van der Waals surface area contributed by atoms with E-state index >= 15 is 0 Å². The molecule has 0 fully saturated rings. The number of carbonyl (C=O) groups is 1. The van der Waals surface area contributed by atoms with Gasteiger partial charge in [0.2, 0.25) is 15.9 Å². The molecule has 0 saturated heterocycles. The Morgan fingerprint density at radius 3 is 2.69 bits per heavy atom. The number of nitriles is 1. The number of aromatic nitrogens is 1. The second-order valence-electron chi connectivity index (χ2n) is 9.22. The maximum Gasteiger partial charge on any atom is 0.238 e. The molecule has 1 amide bonds. The average Bonchev–Trinajstić information content (AvgIpc) is 2.71. The number of nitrogens with two attached hydrogens (primary N) is 1. The fourth-order valence-corrected chi connectivity index (χ4v) is 5.12. The number of nitrogens with zero attached hydrogens (tertiary/aromatic N) is 2. The van der Waals surface area contributed by atoms with Crippen LogP contribution in [0, 0.1) is 29.6 Å². The van der Waals surface area contributed by atoms with E-state index in [0.717, 1.165) is 30.5 Å². The number of carbonyl (C=O) groups excluding carboxylic acids is 1. The van der Waals surface area contributed by atoms with Crippen molar-refractivity contribution in [2.45, 2.75) is 56.9 Å². The summed E-state index contributed by atoms with van der Waals surface area (Å²) in [5, 5.41) is 18.1. The number of aryl methyl sites for hydroxylation is 2. The summed E-state index contributed by atoms with van der Waals surface area (Å²) in [7, 11) is -3.87. The fourth-order valence-electron chi connectivity index (χ4n) is 3.81. The van der Waals surface area contributed by atoms with Crippen LogP contribution in [0.3, 0.4) is 0 Å². The molecule has 3 rings (SSSR count). The quantitative estimate of drug-likeness (QED) is 0.638. The topological polar surface area (TPSA) is 126 Å². The van der Waals surface area contributed by atoms with Crippen molar-refractivity contribution in [3.05, 3.63) is 46.6 Å². The number of hydrogen-bond donors (Lipinski definition) is 2. The van der Waals surface area contributed by atoms with Gasteiger partial charge in [0.05, 0.1) is 16.2 Å². The van der Waals surface area contributed by atoms with Crippen LogP contribution in [0.5, 0.6) is 0 Å². The van der Waals surface area contributed by atoms with Gasteiger partial charge in [0.15, 0.2) is 0 Å². The molecule has 2 aromatic rings. The van der Waals surface area contributed by atoms with Gasteiger partial charge in [0, 0.05) is 11.4 Å². The normalized spacial score (nSPS) is 16.2. The Hall–Kier alpha value is -2.41. The molecular formula is C23H28N4O3S2. The van der Waals surface area contributed by atoms with E-state index in [2.05, 4.69) is 32.2 Å². The van der Waals surface area contributed by atoms with Crippen molar-refractivity contribution in [2.75, 3.05) is 11.1 Å². The molecule has 0 unspecified atom stereocenters. The molecule has 32 heavy (non-hydrogen) atoms. The largest absolute Gasteiger partial charge is 0.325 e. The standard InChI is InChI=1S/C23H28N4O3S2/c1-14-5-7-18(32(25,29)30)11-20(14)26-21(28)13-31-22-16(12-24)9-15-10-17(23(2,3)4)6-8-19(15)27-22/h5,7,9,11,17H,6,8,10,13H2,1-4H3,(H,26,28)(H2,25,29,30)/t17-/m1/s1. The number of primary sulfonamides is 1. The summed E-state index contributed by atoms with van der Waals surface area (Å²) in [6.45, 7) is 8.48. The van der Waals surface area contributed by atoms with E-state index < -0.39 is 10.0 Å². The SMILES string of the molecule is Cc1ccc(S(N)(=O)=O)cc1NC(=O)CSc1nc2c(cc1C#N)C[C@H](C(C)(C)C)CC2. The summed E-state index contributed by atoms with van der Waals surface area (Å²) in [5.41, 5.74) is 3.90. The molecule has 9 heteroatoms. The summed E-state index contributed by atoms with van der Waals surface area (Å²) < 4.78 is 23.2. The van der Waals surface area contributed by atoms with Crippen molar-refractivity contribution in [2.24, 2.45) is 16.5 Å². The van der Waals surface area contributed by atoms with E-state index in [1.807, 2.05) is 6.07 Å². The van der Waals surface area contributed by atoms with Crippen LogP contribution in [0.15, 0.2) is 34.2 Å². The van der Waals surface area contributed by atoms with Crippen LogP contribution in [0.25, 0.3) is 0 Å². The van der Waals surface area contributed by atoms with Crippen molar-refractivity contribution in [1.82, 2.24) is 4.98 Å². The number of hydrogen-bond acceptors (Lipinski definition) is 6. The van der Waals surface area contributed by atoms with Gasteiger partial charge in [-0.2, -0.15) is 5.26 Å². The number of benzene rings is 1. The lowest BCUT2D eigenvalue weighted by atomic mass is 9.71. The van der Waals surface area contributed by atoms with Gasteiger partial charge >= 0.3 is 0 Å². The second kappa shape index (κ2) is 9.22. The molecule has 1 aliphatic carbocycles. The first-order chi connectivity index (χ1) is 14.9. The molecule has 1 aliphatic rings. The summed E-state index contributed by atoms with van der Waals surface area (Å²) >= 11 is 1.21. The number of anilines is 1. The second-order valence-corrected chi connectivity index (χ2v) is 11.7. The minimum atomic E-state index is -3.87. The molecule has 1 aromatic heterocycles. The third-order valence-electron chi connectivity index (χ3n) is 5.85. The highest BCUT2D eigenvalue weighted by atomic mass is 32.2. The minimum Gasteiger partial charge on any atom is -0.325 e. The van der Waals surface area contributed by atoms with Crippen LogP contribution in [-0.2, 0) is 27.7 Å². The maximum absolute atomic E-state index is 12.5. The third kappa shape index (κ3) is 5.68. The first kappa shape index (κ1) is 24.2. The third-order valence-corrected chi connectivity index (χ3v) is 7.75. The lowest BCUT2D eigenvalue weighted by Gasteiger charge is -2.34. The van der Waals surface area contributed by atoms with Gasteiger partial charge in [-0.3, -0.25) is 4.79 Å². The number of sulfonamides is 1. The summed E-state index contributed by atoms with van der Waals surface area (Å²) in [6, 6.07) is 8.46. The Morgan fingerprint density at radius 1 is 1.34 bits per heavy atom. The zero-order valence-electron chi connectivity index (χ0n) is 18.7. The zero-order chi connectivity index (χ0) is 23.7. The Labute approximate surface area is 193 Å². The summed E-state index contributed by atoms with van der Waals surface area (Å²) in [6.07, 6.45) is 2.83. The Balaban J connectivity index is 1.73. The predicted octanol–water partition coefficient (Wildman–Crippen LogP) is 3.79. The molecular weight excluding hydrogens is 444 g/mol. The van der Waals surface area contributed by atoms with Gasteiger partial charge in [0.25, 0.3) is 0 Å². The van der Waals surface area contributed by atoms with Crippen LogP contribution < -0.4 is 10.5 Å². The maximum atomic E-state index is 12.5. The van der Waals surface area contributed by atoms with Crippen molar-refractivity contribution in [1.29, 1.82) is 5.26 Å². The molecule has 7 nitrogen and oxygen atoms in total. The Bertz CT molecular complexity index is 1190. The molecule has 0 bridgehead atoms. The molecule has 1 atom stereocenters. The first-order valence-electron chi connectivity index (χ1n) is 10.4. The molecule has 0 radical (unpaired) electrons. The van der Waals surface area contributed by atoms with Crippen molar-refractivity contribution in [3.8, 4) is 6.07 Å². The number of rotatable bonds is 5. The molecule has 0 saturated carbocycles. The van der Waals surface area contributed by atoms with Crippen LogP contribution in [-0.4, -0.2) is 25.1 Å². The van der Waals surface area contributed by atoms with Crippen molar-refractivity contribution < 1.29 is 13.2 Å². The highest BCUT2D eigenvalue weighted by Crippen LogP contribution is 2.38. The Morgan fingerprint density at radius 2 is 2.06 bits per heavy atom. The van der Waals surface area contributed by atoms with Gasteiger partial charge in [-0.15, -0.1) is 0 Å². The van der Waals surface area contributed by atoms with Gasteiger partial charge < -0.3 is 5.32 Å². The molecule has 0 aliphatic heterocycles. The van der Waals surface area contributed by atoms with E-state index in [1.54, 1.807) is 13.0 Å². The number of amides is 1. The fraction of sp³-hybridized carbons (Fsp3) is 0.435. The Kier molecular flexibility index (Phi) is 6.98. The number of fused-ring (bicyclic) bond motifs is 1. The predicted molar refractivity (Wildman–Crippen MR) is 126 cm³/mol. The summed E-state index contributed by atoms with van der Waals surface area (Å²) in [4.78, 5) is 17.2. The van der Waals surface area contributed by atoms with Crippen molar-refractivity contribution in [3.63, 3.8) is 0 Å². The number of pyridine rings is 1. The van der Waals surface area contributed by atoms with Gasteiger partial charge in [0.1, 0.15) is 11.1 Å². The van der Waals surface area contributed by atoms with Gasteiger partial charge in [-0.1, -0.05) is 38.6 Å². The molecule has 3 N–H and O–H groups in total. The highest BCUT2D eigenvalue weighted by molar-refractivity contribution is 8.00. The minimum absolute atomic E-state index is 0.0458. The first-order valence-corrected chi connectivity index (χ1v) is 12.9. The lowest BCUT2D eigenvalue weighted by molar-refractivity contribution is -0.113. The number of nitrogens with one attached hydrogen (secondary N) is 1. The van der Waals surface area contributed by atoms with E-state index in [1.165, 1.54) is 23.9 Å². The molecule has 1 heterocycles. The van der Waals surface area contributed by atoms with Crippen LogP contribution in [0.4, 0.5) is 5.69 Å². The van der Waals surface area contributed by atoms with Crippen molar-refractivity contribution >= 4 is 33.4 Å². The van der Waals surface area contributed by atoms with Gasteiger partial charge in [-0.05, 0) is 66.8 Å².